The summed E-state index contributed by atoms with van der Waals surface area (Å²) in [6.07, 6.45) is 21.4. The zero-order chi connectivity index (χ0) is 30.1. The predicted molar refractivity (Wildman–Crippen MR) is 174 cm³/mol. The molecule has 42 heavy (non-hydrogen) atoms. The zero-order valence-corrected chi connectivity index (χ0v) is 26.9. The minimum Gasteiger partial charge on any atom is -0.494 e. The van der Waals surface area contributed by atoms with Crippen LogP contribution >= 0.6 is 0 Å². The van der Waals surface area contributed by atoms with Gasteiger partial charge in [0.15, 0.2) is 0 Å². The molecule has 0 saturated carbocycles. The van der Waals surface area contributed by atoms with E-state index in [0.717, 1.165) is 56.6 Å². The Morgan fingerprint density at radius 3 is 1.55 bits per heavy atom. The minimum atomic E-state index is -0.381. The molecule has 1 unspecified atom stereocenters. The Hall–Kier alpha value is -2.53. The van der Waals surface area contributed by atoms with Crippen LogP contribution in [0, 0.1) is 0 Å². The lowest BCUT2D eigenvalue weighted by Crippen LogP contribution is -2.09. The highest BCUT2D eigenvalue weighted by atomic mass is 16.5. The van der Waals surface area contributed by atoms with Crippen LogP contribution in [0.1, 0.15) is 140 Å². The molecule has 0 spiro atoms. The van der Waals surface area contributed by atoms with Gasteiger partial charge in [-0.1, -0.05) is 90.9 Å². The fourth-order valence-electron chi connectivity index (χ4n) is 4.86. The zero-order valence-electron chi connectivity index (χ0n) is 26.9. The first-order valence-corrected chi connectivity index (χ1v) is 16.9. The van der Waals surface area contributed by atoms with E-state index in [-0.39, 0.29) is 5.97 Å². The maximum Gasteiger partial charge on any atom is 0.343 e. The molecule has 0 aliphatic rings. The van der Waals surface area contributed by atoms with Crippen LogP contribution in [0.15, 0.2) is 48.5 Å². The number of unbranched alkanes of at least 4 members (excludes halogenated alkanes) is 13. The molecule has 0 heterocycles. The van der Waals surface area contributed by atoms with Gasteiger partial charge in [0.05, 0.1) is 24.9 Å². The first-order valence-electron chi connectivity index (χ1n) is 16.9. The number of rotatable bonds is 26. The van der Waals surface area contributed by atoms with E-state index >= 15 is 0 Å². The fourth-order valence-corrected chi connectivity index (χ4v) is 4.86. The van der Waals surface area contributed by atoms with Crippen molar-refractivity contribution < 1.29 is 23.7 Å². The van der Waals surface area contributed by atoms with Crippen LogP contribution in [0.5, 0.6) is 17.2 Å². The van der Waals surface area contributed by atoms with Crippen LogP contribution in [-0.2, 0) is 4.74 Å². The molecule has 5 nitrogen and oxygen atoms in total. The summed E-state index contributed by atoms with van der Waals surface area (Å²) in [6, 6.07) is 14.4. The number of carbonyl (C=O) groups excluding carboxylic acids is 1. The number of ether oxygens (including phenoxy) is 4. The highest BCUT2D eigenvalue weighted by Crippen LogP contribution is 2.20. The number of hydrogen-bond acceptors (Lipinski definition) is 5. The molecule has 5 heteroatoms. The van der Waals surface area contributed by atoms with Gasteiger partial charge in [-0.15, -0.1) is 0 Å². The Morgan fingerprint density at radius 2 is 0.976 bits per heavy atom. The summed E-state index contributed by atoms with van der Waals surface area (Å²) in [6.45, 7) is 8.91. The van der Waals surface area contributed by atoms with Gasteiger partial charge in [-0.3, -0.25) is 0 Å². The molecule has 0 fully saturated rings. The maximum atomic E-state index is 12.6. The van der Waals surface area contributed by atoms with E-state index in [1.807, 2.05) is 24.3 Å². The van der Waals surface area contributed by atoms with E-state index in [2.05, 4.69) is 20.8 Å². The molecule has 2 rings (SSSR count). The Morgan fingerprint density at radius 1 is 0.548 bits per heavy atom. The van der Waals surface area contributed by atoms with Crippen molar-refractivity contribution in [1.29, 1.82) is 0 Å². The smallest absolute Gasteiger partial charge is 0.343 e. The lowest BCUT2D eigenvalue weighted by molar-refractivity contribution is 0.0557. The van der Waals surface area contributed by atoms with Crippen LogP contribution in [-0.4, -0.2) is 31.9 Å². The van der Waals surface area contributed by atoms with Crippen molar-refractivity contribution in [3.63, 3.8) is 0 Å². The first-order chi connectivity index (χ1) is 20.6. The summed E-state index contributed by atoms with van der Waals surface area (Å²) in [5.74, 6) is 1.69. The summed E-state index contributed by atoms with van der Waals surface area (Å²) in [7, 11) is 0. The predicted octanol–water partition coefficient (Wildman–Crippen LogP) is 10.7. The van der Waals surface area contributed by atoms with E-state index in [1.165, 1.54) is 70.6 Å². The molecule has 2 aromatic carbocycles. The van der Waals surface area contributed by atoms with Gasteiger partial charge in [-0.2, -0.15) is 0 Å². The SMILES string of the molecule is CCCCCCCCCCCCOc1ccc(C(=O)Oc2ccc(OCCCCCC(C)OCCCCC)cc2)cc1. The van der Waals surface area contributed by atoms with Crippen LogP contribution in [0.3, 0.4) is 0 Å². The molecular weight excluding hydrogens is 524 g/mol. The Bertz CT molecular complexity index is 909. The van der Waals surface area contributed by atoms with E-state index in [1.54, 1.807) is 24.3 Å². The Kier molecular flexibility index (Phi) is 20.4. The summed E-state index contributed by atoms with van der Waals surface area (Å²) in [5, 5.41) is 0. The monoisotopic (exact) mass is 582 g/mol. The van der Waals surface area contributed by atoms with Crippen molar-refractivity contribution in [2.24, 2.45) is 0 Å². The van der Waals surface area contributed by atoms with Gasteiger partial charge in [0.2, 0.25) is 0 Å². The second-order valence-corrected chi connectivity index (χ2v) is 11.5. The second kappa shape index (κ2) is 24.0. The van der Waals surface area contributed by atoms with Crippen molar-refractivity contribution in [3.8, 4) is 17.2 Å². The van der Waals surface area contributed by atoms with E-state index in [0.29, 0.717) is 30.6 Å². The molecule has 0 N–H and O–H groups in total. The minimum absolute atomic E-state index is 0.337. The molecule has 0 radical (unpaired) electrons. The van der Waals surface area contributed by atoms with Crippen molar-refractivity contribution in [2.45, 2.75) is 136 Å². The standard InChI is InChI=1S/C37H58O5/c1-4-6-8-9-10-11-12-13-14-18-30-40-34-23-21-33(22-24-34)37(38)42-36-27-25-35(26-28-36)41-31-19-15-16-20-32(3)39-29-17-7-5-2/h21-28,32H,4-20,29-31H2,1-3H3. The first kappa shape index (κ1) is 35.7. The van der Waals surface area contributed by atoms with Gasteiger partial charge in [-0.05, 0) is 87.6 Å². The molecular formula is C37H58O5. The molecule has 0 saturated heterocycles. The van der Waals surface area contributed by atoms with Gasteiger partial charge in [0.25, 0.3) is 0 Å². The van der Waals surface area contributed by atoms with Crippen LogP contribution in [0.4, 0.5) is 0 Å². The van der Waals surface area contributed by atoms with Crippen molar-refractivity contribution in [2.75, 3.05) is 19.8 Å². The third-order valence-electron chi connectivity index (χ3n) is 7.56. The quantitative estimate of drug-likeness (QED) is 0.0627. The van der Waals surface area contributed by atoms with Gasteiger partial charge < -0.3 is 18.9 Å². The summed E-state index contributed by atoms with van der Waals surface area (Å²) >= 11 is 0. The molecule has 236 valence electrons. The summed E-state index contributed by atoms with van der Waals surface area (Å²) in [5.41, 5.74) is 0.502. The largest absolute Gasteiger partial charge is 0.494 e. The van der Waals surface area contributed by atoms with Crippen molar-refractivity contribution >= 4 is 5.97 Å². The number of carbonyl (C=O) groups is 1. The molecule has 0 aliphatic heterocycles. The highest BCUT2D eigenvalue weighted by molar-refractivity contribution is 5.91. The third-order valence-corrected chi connectivity index (χ3v) is 7.56. The normalized spacial score (nSPS) is 11.8. The molecule has 0 bridgehead atoms. The second-order valence-electron chi connectivity index (χ2n) is 11.5. The van der Waals surface area contributed by atoms with Gasteiger partial charge in [-0.25, -0.2) is 4.79 Å². The summed E-state index contributed by atoms with van der Waals surface area (Å²) < 4.78 is 23.1. The van der Waals surface area contributed by atoms with Crippen LogP contribution in [0.2, 0.25) is 0 Å². The van der Waals surface area contributed by atoms with E-state index in [9.17, 15) is 4.79 Å². The van der Waals surface area contributed by atoms with E-state index in [4.69, 9.17) is 18.9 Å². The highest BCUT2D eigenvalue weighted by Gasteiger charge is 2.09. The number of esters is 1. The average Bonchev–Trinajstić information content (AvgIpc) is 3.01. The number of hydrogen-bond donors (Lipinski definition) is 0. The topological polar surface area (TPSA) is 54.0 Å². The number of benzene rings is 2. The van der Waals surface area contributed by atoms with Gasteiger partial charge in [0, 0.05) is 6.61 Å². The third kappa shape index (κ3) is 17.4. The van der Waals surface area contributed by atoms with Crippen molar-refractivity contribution in [3.05, 3.63) is 54.1 Å². The van der Waals surface area contributed by atoms with Crippen LogP contribution in [0.25, 0.3) is 0 Å². The lowest BCUT2D eigenvalue weighted by atomic mass is 10.1. The Balaban J connectivity index is 1.53. The van der Waals surface area contributed by atoms with Crippen molar-refractivity contribution in [1.82, 2.24) is 0 Å². The molecule has 1 atom stereocenters. The molecule has 2 aromatic rings. The maximum absolute atomic E-state index is 12.6. The molecule has 0 amide bonds. The fraction of sp³-hybridized carbons (Fsp3) is 0.649. The van der Waals surface area contributed by atoms with Gasteiger partial charge in [0.1, 0.15) is 17.2 Å². The van der Waals surface area contributed by atoms with Crippen LogP contribution < -0.4 is 14.2 Å². The molecule has 0 aromatic heterocycles. The average molecular weight is 583 g/mol. The summed E-state index contributed by atoms with van der Waals surface area (Å²) in [4.78, 5) is 12.6. The Labute approximate surface area is 256 Å². The lowest BCUT2D eigenvalue weighted by Gasteiger charge is -2.13. The van der Waals surface area contributed by atoms with E-state index < -0.39 is 0 Å². The molecule has 0 aliphatic carbocycles. The van der Waals surface area contributed by atoms with Gasteiger partial charge >= 0.3 is 5.97 Å².